The number of carbonyl (C=O) groups excluding carboxylic acids is 2. The standard InChI is InChI=1S/C19H18BrClN2O3/c1-3-18(24)22-14-6-7-15(21)16(11-14)23-19(25)9-4-12-10-13(20)5-8-17(12)26-2/h4-11H,3H2,1-2H3,(H,22,24)(H,23,25)/b9-4+. The Kier molecular flexibility index (Phi) is 7.24. The van der Waals surface area contributed by atoms with Crippen LogP contribution in [0.3, 0.4) is 0 Å². The second-order valence-corrected chi connectivity index (χ2v) is 6.63. The van der Waals surface area contributed by atoms with Crippen LogP contribution in [-0.2, 0) is 9.59 Å². The van der Waals surface area contributed by atoms with Gasteiger partial charge in [0, 0.05) is 28.2 Å². The van der Waals surface area contributed by atoms with Gasteiger partial charge in [-0.1, -0.05) is 34.5 Å². The van der Waals surface area contributed by atoms with Crippen molar-refractivity contribution in [2.75, 3.05) is 17.7 Å². The van der Waals surface area contributed by atoms with E-state index in [0.717, 1.165) is 10.0 Å². The van der Waals surface area contributed by atoms with Crippen molar-refractivity contribution in [3.8, 4) is 5.75 Å². The van der Waals surface area contributed by atoms with Crippen molar-refractivity contribution in [2.24, 2.45) is 0 Å². The Hall–Kier alpha value is -2.31. The zero-order chi connectivity index (χ0) is 19.1. The van der Waals surface area contributed by atoms with Crippen LogP contribution in [0.4, 0.5) is 11.4 Å². The number of ether oxygens (including phenoxy) is 1. The van der Waals surface area contributed by atoms with Crippen molar-refractivity contribution >= 4 is 56.8 Å². The fourth-order valence-electron chi connectivity index (χ4n) is 2.12. The molecule has 0 aliphatic rings. The van der Waals surface area contributed by atoms with E-state index in [9.17, 15) is 9.59 Å². The Morgan fingerprint density at radius 3 is 2.65 bits per heavy atom. The van der Waals surface area contributed by atoms with Crippen LogP contribution in [0.2, 0.25) is 5.02 Å². The number of anilines is 2. The average Bonchev–Trinajstić information content (AvgIpc) is 2.62. The second-order valence-electron chi connectivity index (χ2n) is 5.31. The molecular weight excluding hydrogens is 420 g/mol. The molecule has 2 aromatic carbocycles. The first kappa shape index (κ1) is 20.0. The van der Waals surface area contributed by atoms with Gasteiger partial charge in [-0.3, -0.25) is 9.59 Å². The molecule has 7 heteroatoms. The maximum Gasteiger partial charge on any atom is 0.248 e. The summed E-state index contributed by atoms with van der Waals surface area (Å²) in [6, 6.07) is 10.4. The summed E-state index contributed by atoms with van der Waals surface area (Å²) in [5.41, 5.74) is 1.73. The fourth-order valence-corrected chi connectivity index (χ4v) is 2.67. The van der Waals surface area contributed by atoms with Gasteiger partial charge in [-0.25, -0.2) is 0 Å². The van der Waals surface area contributed by atoms with E-state index in [4.69, 9.17) is 16.3 Å². The molecule has 2 N–H and O–H groups in total. The lowest BCUT2D eigenvalue weighted by Crippen LogP contribution is -2.11. The van der Waals surface area contributed by atoms with E-state index in [-0.39, 0.29) is 11.8 Å². The molecule has 0 aromatic heterocycles. The van der Waals surface area contributed by atoms with Crippen molar-refractivity contribution in [1.29, 1.82) is 0 Å². The van der Waals surface area contributed by atoms with Gasteiger partial charge in [-0.2, -0.15) is 0 Å². The van der Waals surface area contributed by atoms with E-state index in [1.54, 1.807) is 44.4 Å². The fraction of sp³-hybridized carbons (Fsp3) is 0.158. The zero-order valence-corrected chi connectivity index (χ0v) is 16.6. The Morgan fingerprint density at radius 2 is 1.96 bits per heavy atom. The van der Waals surface area contributed by atoms with E-state index in [1.165, 1.54) is 6.08 Å². The van der Waals surface area contributed by atoms with E-state index in [1.807, 2.05) is 12.1 Å². The summed E-state index contributed by atoms with van der Waals surface area (Å²) in [6.07, 6.45) is 3.40. The molecule has 136 valence electrons. The topological polar surface area (TPSA) is 67.4 Å². The number of nitrogens with one attached hydrogen (secondary N) is 2. The normalized spacial score (nSPS) is 10.6. The minimum Gasteiger partial charge on any atom is -0.496 e. The van der Waals surface area contributed by atoms with Gasteiger partial charge in [0.25, 0.3) is 0 Å². The van der Waals surface area contributed by atoms with Crippen LogP contribution >= 0.6 is 27.5 Å². The number of carbonyl (C=O) groups is 2. The highest BCUT2D eigenvalue weighted by atomic mass is 79.9. The summed E-state index contributed by atoms with van der Waals surface area (Å²) in [5, 5.41) is 5.80. The molecule has 2 rings (SSSR count). The highest BCUT2D eigenvalue weighted by Crippen LogP contribution is 2.26. The van der Waals surface area contributed by atoms with Gasteiger partial charge in [0.2, 0.25) is 11.8 Å². The largest absolute Gasteiger partial charge is 0.496 e. The summed E-state index contributed by atoms with van der Waals surface area (Å²) in [6.45, 7) is 1.76. The molecule has 0 aliphatic heterocycles. The molecule has 0 saturated heterocycles. The number of halogens is 2. The Labute approximate surface area is 165 Å². The highest BCUT2D eigenvalue weighted by molar-refractivity contribution is 9.10. The van der Waals surface area contributed by atoms with E-state index in [0.29, 0.717) is 28.6 Å². The van der Waals surface area contributed by atoms with Gasteiger partial charge >= 0.3 is 0 Å². The van der Waals surface area contributed by atoms with Crippen LogP contribution in [-0.4, -0.2) is 18.9 Å². The minimum absolute atomic E-state index is 0.119. The van der Waals surface area contributed by atoms with E-state index < -0.39 is 0 Å². The molecule has 0 heterocycles. The van der Waals surface area contributed by atoms with Crippen molar-refractivity contribution in [2.45, 2.75) is 13.3 Å². The molecule has 0 aliphatic carbocycles. The lowest BCUT2D eigenvalue weighted by molar-refractivity contribution is -0.116. The van der Waals surface area contributed by atoms with Crippen LogP contribution in [0, 0.1) is 0 Å². The van der Waals surface area contributed by atoms with Gasteiger partial charge in [0.1, 0.15) is 5.75 Å². The molecule has 26 heavy (non-hydrogen) atoms. The van der Waals surface area contributed by atoms with Crippen LogP contribution in [0.1, 0.15) is 18.9 Å². The third-order valence-corrected chi connectivity index (χ3v) is 4.26. The average molecular weight is 438 g/mol. The predicted molar refractivity (Wildman–Crippen MR) is 109 cm³/mol. The molecule has 0 bridgehead atoms. The van der Waals surface area contributed by atoms with Crippen molar-refractivity contribution in [3.63, 3.8) is 0 Å². The van der Waals surface area contributed by atoms with Crippen LogP contribution < -0.4 is 15.4 Å². The highest BCUT2D eigenvalue weighted by Gasteiger charge is 2.07. The van der Waals surface area contributed by atoms with E-state index >= 15 is 0 Å². The SMILES string of the molecule is CCC(=O)Nc1ccc(Cl)c(NC(=O)/C=C/c2cc(Br)ccc2OC)c1. The minimum atomic E-state index is -0.354. The molecule has 2 amide bonds. The second kappa shape index (κ2) is 9.40. The van der Waals surface area contributed by atoms with Crippen LogP contribution in [0.15, 0.2) is 46.9 Å². The number of rotatable bonds is 6. The first-order valence-electron chi connectivity index (χ1n) is 7.85. The van der Waals surface area contributed by atoms with Gasteiger partial charge in [-0.15, -0.1) is 0 Å². The quantitative estimate of drug-likeness (QED) is 0.617. The molecule has 0 atom stereocenters. The molecule has 0 spiro atoms. The van der Waals surface area contributed by atoms with Crippen molar-refractivity contribution in [1.82, 2.24) is 0 Å². The first-order valence-corrected chi connectivity index (χ1v) is 9.02. The Balaban J connectivity index is 2.13. The first-order chi connectivity index (χ1) is 12.4. The molecular formula is C19H18BrClN2O3. The summed E-state index contributed by atoms with van der Waals surface area (Å²) < 4.78 is 6.14. The third-order valence-electron chi connectivity index (χ3n) is 3.44. The Bertz CT molecular complexity index is 853. The maximum absolute atomic E-state index is 12.2. The van der Waals surface area contributed by atoms with Crippen molar-refractivity contribution in [3.05, 3.63) is 57.5 Å². The third kappa shape index (κ3) is 5.61. The monoisotopic (exact) mass is 436 g/mol. The van der Waals surface area contributed by atoms with Gasteiger partial charge in [-0.05, 0) is 42.5 Å². The Morgan fingerprint density at radius 1 is 1.19 bits per heavy atom. The summed E-state index contributed by atoms with van der Waals surface area (Å²) in [5.74, 6) is 0.179. The molecule has 5 nitrogen and oxygen atoms in total. The molecule has 0 radical (unpaired) electrons. The van der Waals surface area contributed by atoms with Gasteiger partial charge < -0.3 is 15.4 Å². The smallest absolute Gasteiger partial charge is 0.248 e. The van der Waals surface area contributed by atoms with Crippen LogP contribution in [0.5, 0.6) is 5.75 Å². The molecule has 0 saturated carbocycles. The number of hydrogen-bond donors (Lipinski definition) is 2. The molecule has 0 unspecified atom stereocenters. The van der Waals surface area contributed by atoms with Gasteiger partial charge in [0.05, 0.1) is 17.8 Å². The number of benzene rings is 2. The lowest BCUT2D eigenvalue weighted by Gasteiger charge is -2.09. The van der Waals surface area contributed by atoms with Crippen LogP contribution in [0.25, 0.3) is 6.08 Å². The molecule has 2 aromatic rings. The number of amides is 2. The van der Waals surface area contributed by atoms with Gasteiger partial charge in [0.15, 0.2) is 0 Å². The maximum atomic E-state index is 12.2. The number of methoxy groups -OCH3 is 1. The number of hydrogen-bond acceptors (Lipinski definition) is 3. The zero-order valence-electron chi connectivity index (χ0n) is 14.3. The summed E-state index contributed by atoms with van der Waals surface area (Å²) >= 11 is 9.51. The summed E-state index contributed by atoms with van der Waals surface area (Å²) in [7, 11) is 1.57. The van der Waals surface area contributed by atoms with E-state index in [2.05, 4.69) is 26.6 Å². The van der Waals surface area contributed by atoms with Crippen molar-refractivity contribution < 1.29 is 14.3 Å². The predicted octanol–water partition coefficient (Wildman–Crippen LogP) is 5.11. The lowest BCUT2D eigenvalue weighted by atomic mass is 10.2. The summed E-state index contributed by atoms with van der Waals surface area (Å²) in [4.78, 5) is 23.7. The molecule has 0 fully saturated rings.